The summed E-state index contributed by atoms with van der Waals surface area (Å²) in [4.78, 5) is 12.4. The highest BCUT2D eigenvalue weighted by Gasteiger charge is 2.19. The van der Waals surface area contributed by atoms with E-state index in [-0.39, 0.29) is 16.6 Å². The van der Waals surface area contributed by atoms with Crippen molar-refractivity contribution in [1.29, 1.82) is 0 Å². The minimum absolute atomic E-state index is 0.0863. The molecule has 1 amide bonds. The molecule has 0 unspecified atom stereocenters. The number of hydrogen-bond donors (Lipinski definition) is 1. The van der Waals surface area contributed by atoms with E-state index in [9.17, 15) is 4.79 Å². The van der Waals surface area contributed by atoms with Crippen LogP contribution in [0.4, 0.5) is 0 Å². The number of nitrogens with one attached hydrogen (secondary N) is 1. The van der Waals surface area contributed by atoms with Crippen LogP contribution in [-0.4, -0.2) is 28.5 Å². The molecule has 158 valence electrons. The van der Waals surface area contributed by atoms with Crippen molar-refractivity contribution in [2.45, 2.75) is 50.1 Å². The number of benzene rings is 2. The molecule has 1 N–H and O–H groups in total. The zero-order valence-corrected chi connectivity index (χ0v) is 18.7. The van der Waals surface area contributed by atoms with Crippen molar-refractivity contribution in [2.24, 2.45) is 0 Å². The molecule has 3 aromatic rings. The SMILES string of the molecule is COc1ccc(CNC(=O)[C@@H](C)Sc2nnc(-c3ccc(C(C)(C)C)cc3)o2)cc1. The summed E-state index contributed by atoms with van der Waals surface area (Å²) in [5, 5.41) is 11.1. The van der Waals surface area contributed by atoms with Gasteiger partial charge in [0.25, 0.3) is 5.22 Å². The maximum atomic E-state index is 12.4. The Morgan fingerprint density at radius 1 is 1.10 bits per heavy atom. The number of amides is 1. The van der Waals surface area contributed by atoms with Gasteiger partial charge >= 0.3 is 0 Å². The number of thioether (sulfide) groups is 1. The summed E-state index contributed by atoms with van der Waals surface area (Å²) in [5.41, 5.74) is 3.19. The van der Waals surface area contributed by atoms with Crippen molar-refractivity contribution < 1.29 is 13.9 Å². The predicted molar refractivity (Wildman–Crippen MR) is 119 cm³/mol. The van der Waals surface area contributed by atoms with E-state index >= 15 is 0 Å². The van der Waals surface area contributed by atoms with Gasteiger partial charge in [0.15, 0.2) is 0 Å². The highest BCUT2D eigenvalue weighted by molar-refractivity contribution is 8.00. The van der Waals surface area contributed by atoms with Gasteiger partial charge in [-0.3, -0.25) is 4.79 Å². The molecule has 0 aliphatic heterocycles. The van der Waals surface area contributed by atoms with Crippen LogP contribution in [0.5, 0.6) is 5.75 Å². The van der Waals surface area contributed by atoms with Crippen molar-refractivity contribution in [3.05, 3.63) is 59.7 Å². The second-order valence-electron chi connectivity index (χ2n) is 8.03. The lowest BCUT2D eigenvalue weighted by atomic mass is 9.87. The van der Waals surface area contributed by atoms with Gasteiger partial charge in [-0.1, -0.05) is 56.8 Å². The Bertz CT molecular complexity index is 976. The van der Waals surface area contributed by atoms with E-state index in [1.165, 1.54) is 17.3 Å². The zero-order valence-electron chi connectivity index (χ0n) is 17.9. The van der Waals surface area contributed by atoms with Crippen molar-refractivity contribution in [3.8, 4) is 17.2 Å². The van der Waals surface area contributed by atoms with Gasteiger partial charge in [-0.25, -0.2) is 0 Å². The van der Waals surface area contributed by atoms with Crippen molar-refractivity contribution in [2.75, 3.05) is 7.11 Å². The lowest BCUT2D eigenvalue weighted by Gasteiger charge is -2.18. The summed E-state index contributed by atoms with van der Waals surface area (Å²) in [6.07, 6.45) is 0. The van der Waals surface area contributed by atoms with E-state index in [1.807, 2.05) is 43.3 Å². The molecule has 0 spiro atoms. The van der Waals surface area contributed by atoms with Crippen LogP contribution >= 0.6 is 11.8 Å². The fourth-order valence-corrected chi connectivity index (χ4v) is 3.48. The zero-order chi connectivity index (χ0) is 21.7. The molecule has 6 nitrogen and oxygen atoms in total. The monoisotopic (exact) mass is 425 g/mol. The summed E-state index contributed by atoms with van der Waals surface area (Å²) in [6, 6.07) is 15.7. The van der Waals surface area contributed by atoms with Gasteiger partial charge in [0.1, 0.15) is 5.75 Å². The topological polar surface area (TPSA) is 77.2 Å². The van der Waals surface area contributed by atoms with Gasteiger partial charge in [0.05, 0.1) is 12.4 Å². The molecule has 0 saturated heterocycles. The van der Waals surface area contributed by atoms with Gasteiger partial charge in [0, 0.05) is 12.1 Å². The molecule has 3 rings (SSSR count). The van der Waals surface area contributed by atoms with Crippen LogP contribution in [0.15, 0.2) is 58.2 Å². The lowest BCUT2D eigenvalue weighted by molar-refractivity contribution is -0.120. The molecule has 1 atom stereocenters. The highest BCUT2D eigenvalue weighted by atomic mass is 32.2. The van der Waals surface area contributed by atoms with E-state index < -0.39 is 0 Å². The van der Waals surface area contributed by atoms with E-state index in [1.54, 1.807) is 7.11 Å². The average Bonchev–Trinajstić information content (AvgIpc) is 3.20. The van der Waals surface area contributed by atoms with E-state index in [0.29, 0.717) is 17.7 Å². The van der Waals surface area contributed by atoms with Crippen LogP contribution in [0.1, 0.15) is 38.8 Å². The number of methoxy groups -OCH3 is 1. The van der Waals surface area contributed by atoms with Crippen molar-refractivity contribution >= 4 is 17.7 Å². The molecule has 0 bridgehead atoms. The number of nitrogens with zero attached hydrogens (tertiary/aromatic N) is 2. The summed E-state index contributed by atoms with van der Waals surface area (Å²) in [5.74, 6) is 1.14. The summed E-state index contributed by atoms with van der Waals surface area (Å²) < 4.78 is 10.9. The fourth-order valence-electron chi connectivity index (χ4n) is 2.77. The number of aromatic nitrogens is 2. The van der Waals surface area contributed by atoms with Crippen LogP contribution in [0.2, 0.25) is 0 Å². The summed E-state index contributed by atoms with van der Waals surface area (Å²) >= 11 is 1.24. The van der Waals surface area contributed by atoms with E-state index in [0.717, 1.165) is 16.9 Å². The molecule has 0 aliphatic carbocycles. The minimum Gasteiger partial charge on any atom is -0.497 e. The standard InChI is InChI=1S/C23H27N3O3S/c1-15(20(27)24-14-16-6-12-19(28-5)13-7-16)30-22-26-25-21(29-22)17-8-10-18(11-9-17)23(2,3)4/h6-13,15H,14H2,1-5H3,(H,24,27)/t15-/m1/s1. The molecular weight excluding hydrogens is 398 g/mol. The molecular formula is C23H27N3O3S. The molecule has 0 aliphatic rings. The van der Waals surface area contributed by atoms with E-state index in [2.05, 4.69) is 48.4 Å². The Hall–Kier alpha value is -2.80. The van der Waals surface area contributed by atoms with Gasteiger partial charge in [-0.2, -0.15) is 0 Å². The van der Waals surface area contributed by atoms with Crippen LogP contribution in [0, 0.1) is 0 Å². The quantitative estimate of drug-likeness (QED) is 0.546. The normalized spacial score (nSPS) is 12.4. The van der Waals surface area contributed by atoms with Crippen LogP contribution in [0.25, 0.3) is 11.5 Å². The lowest BCUT2D eigenvalue weighted by Crippen LogP contribution is -2.30. The number of hydrogen-bond acceptors (Lipinski definition) is 6. The molecule has 1 aromatic heterocycles. The Balaban J connectivity index is 1.55. The molecule has 7 heteroatoms. The second kappa shape index (κ2) is 9.34. The minimum atomic E-state index is -0.361. The summed E-state index contributed by atoms with van der Waals surface area (Å²) in [6.45, 7) is 8.78. The predicted octanol–water partition coefficient (Wildman–Crippen LogP) is 4.84. The van der Waals surface area contributed by atoms with Gasteiger partial charge < -0.3 is 14.5 Å². The first kappa shape index (κ1) is 21.9. The second-order valence-corrected chi connectivity index (χ2v) is 9.32. The Kier molecular flexibility index (Phi) is 6.82. The number of carbonyl (C=O) groups is 1. The largest absolute Gasteiger partial charge is 0.497 e. The van der Waals surface area contributed by atoms with Gasteiger partial charge in [0.2, 0.25) is 11.8 Å². The van der Waals surface area contributed by atoms with Crippen LogP contribution in [0.3, 0.4) is 0 Å². The molecule has 0 saturated carbocycles. The number of carbonyl (C=O) groups excluding carboxylic acids is 1. The van der Waals surface area contributed by atoms with Crippen LogP contribution in [-0.2, 0) is 16.8 Å². The molecule has 1 heterocycles. The Labute approximate surface area is 181 Å². The van der Waals surface area contributed by atoms with Crippen molar-refractivity contribution in [3.63, 3.8) is 0 Å². The van der Waals surface area contributed by atoms with Crippen LogP contribution < -0.4 is 10.1 Å². The first-order valence-electron chi connectivity index (χ1n) is 9.78. The Morgan fingerprint density at radius 3 is 2.37 bits per heavy atom. The maximum Gasteiger partial charge on any atom is 0.277 e. The molecule has 2 aromatic carbocycles. The van der Waals surface area contributed by atoms with E-state index in [4.69, 9.17) is 9.15 Å². The number of ether oxygens (including phenoxy) is 1. The highest BCUT2D eigenvalue weighted by Crippen LogP contribution is 2.28. The third kappa shape index (κ3) is 5.63. The summed E-state index contributed by atoms with van der Waals surface area (Å²) in [7, 11) is 1.62. The Morgan fingerprint density at radius 2 is 1.77 bits per heavy atom. The molecule has 0 radical (unpaired) electrons. The smallest absolute Gasteiger partial charge is 0.277 e. The maximum absolute atomic E-state index is 12.4. The average molecular weight is 426 g/mol. The van der Waals surface area contributed by atoms with Gasteiger partial charge in [-0.05, 0) is 47.7 Å². The molecule has 30 heavy (non-hydrogen) atoms. The first-order chi connectivity index (χ1) is 14.3. The van der Waals surface area contributed by atoms with Crippen molar-refractivity contribution in [1.82, 2.24) is 15.5 Å². The number of rotatable bonds is 7. The fraction of sp³-hybridized carbons (Fsp3) is 0.348. The van der Waals surface area contributed by atoms with Gasteiger partial charge in [-0.15, -0.1) is 10.2 Å². The molecule has 0 fully saturated rings. The third-order valence-electron chi connectivity index (χ3n) is 4.68. The third-order valence-corrected chi connectivity index (χ3v) is 5.61. The first-order valence-corrected chi connectivity index (χ1v) is 10.7.